The van der Waals surface area contributed by atoms with Crippen molar-refractivity contribution in [3.05, 3.63) is 65.0 Å². The second kappa shape index (κ2) is 5.41. The zero-order valence-electron chi connectivity index (χ0n) is 11.7. The molecule has 8 heteroatoms. The van der Waals surface area contributed by atoms with Crippen molar-refractivity contribution in [3.63, 3.8) is 0 Å². The molecule has 0 aliphatic rings. The predicted molar refractivity (Wildman–Crippen MR) is 83.3 cm³/mol. The van der Waals surface area contributed by atoms with Crippen LogP contribution in [0.15, 0.2) is 64.3 Å². The number of aromatic nitrogens is 2. The van der Waals surface area contributed by atoms with Crippen molar-refractivity contribution in [2.45, 2.75) is 4.90 Å². The number of aromatic hydroxyl groups is 1. The first-order chi connectivity index (χ1) is 10.9. The van der Waals surface area contributed by atoms with E-state index in [-0.39, 0.29) is 11.3 Å². The van der Waals surface area contributed by atoms with Gasteiger partial charge in [0.15, 0.2) is 0 Å². The maximum absolute atomic E-state index is 12.2. The number of hydrogen-bond donors (Lipinski definition) is 3. The molecule has 0 saturated carbocycles. The van der Waals surface area contributed by atoms with Gasteiger partial charge in [0.2, 0.25) is 5.75 Å². The minimum atomic E-state index is -4.51. The molecule has 3 N–H and O–H groups in total. The number of aromatic amines is 1. The summed E-state index contributed by atoms with van der Waals surface area (Å²) in [7, 11) is -4.51. The molecule has 23 heavy (non-hydrogen) atoms. The molecule has 118 valence electrons. The van der Waals surface area contributed by atoms with E-state index >= 15 is 0 Å². The molecule has 0 radical (unpaired) electrons. The van der Waals surface area contributed by atoms with E-state index in [0.717, 1.165) is 4.68 Å². The lowest BCUT2D eigenvalue weighted by atomic mass is 10.1. The van der Waals surface area contributed by atoms with Gasteiger partial charge in [-0.15, -0.1) is 0 Å². The molecule has 0 fully saturated rings. The Morgan fingerprint density at radius 2 is 1.57 bits per heavy atom. The number of para-hydroxylation sites is 1. The van der Waals surface area contributed by atoms with Crippen LogP contribution in [0.5, 0.6) is 5.75 Å². The monoisotopic (exact) mass is 332 g/mol. The molecule has 0 bridgehead atoms. The standard InChI is InChI=1S/C15H12N2O5S/c18-14-13(11-8-4-5-9-12(11)23(20,21)22)16-17(15(14)19)10-6-2-1-3-7-10/h1-9,16,18H,(H,20,21,22). The lowest BCUT2D eigenvalue weighted by Crippen LogP contribution is -2.13. The summed E-state index contributed by atoms with van der Waals surface area (Å²) < 4.78 is 33.3. The van der Waals surface area contributed by atoms with Gasteiger partial charge in [0, 0.05) is 5.56 Å². The van der Waals surface area contributed by atoms with Crippen LogP contribution in [0.4, 0.5) is 0 Å². The van der Waals surface area contributed by atoms with Crippen LogP contribution in [0.25, 0.3) is 16.9 Å². The molecule has 3 aromatic rings. The van der Waals surface area contributed by atoms with E-state index in [1.165, 1.54) is 24.3 Å². The molecule has 0 saturated heterocycles. The van der Waals surface area contributed by atoms with Gasteiger partial charge in [-0.2, -0.15) is 8.42 Å². The molecular formula is C15H12N2O5S. The smallest absolute Gasteiger partial charge is 0.314 e. The Morgan fingerprint density at radius 3 is 2.22 bits per heavy atom. The van der Waals surface area contributed by atoms with E-state index in [1.54, 1.807) is 30.3 Å². The number of nitrogens with one attached hydrogen (secondary N) is 1. The number of benzene rings is 2. The van der Waals surface area contributed by atoms with Crippen molar-refractivity contribution in [2.75, 3.05) is 0 Å². The summed E-state index contributed by atoms with van der Waals surface area (Å²) in [5.74, 6) is -0.634. The van der Waals surface area contributed by atoms with Crippen LogP contribution >= 0.6 is 0 Å². The van der Waals surface area contributed by atoms with Crippen molar-refractivity contribution >= 4 is 10.1 Å². The van der Waals surface area contributed by atoms with Crippen LogP contribution in [-0.4, -0.2) is 27.9 Å². The van der Waals surface area contributed by atoms with Crippen molar-refractivity contribution in [2.24, 2.45) is 0 Å². The Morgan fingerprint density at radius 1 is 0.957 bits per heavy atom. The van der Waals surface area contributed by atoms with Gasteiger partial charge in [0.1, 0.15) is 10.6 Å². The molecular weight excluding hydrogens is 320 g/mol. The van der Waals surface area contributed by atoms with Crippen molar-refractivity contribution in [1.29, 1.82) is 0 Å². The van der Waals surface area contributed by atoms with Crippen LogP contribution < -0.4 is 5.56 Å². The lowest BCUT2D eigenvalue weighted by molar-refractivity contribution is 0.471. The third kappa shape index (κ3) is 2.65. The molecule has 2 aromatic carbocycles. The SMILES string of the molecule is O=c1c(O)c(-c2ccccc2S(=O)(=O)O)[nH]n1-c1ccccc1. The summed E-state index contributed by atoms with van der Waals surface area (Å²) in [5, 5.41) is 12.8. The highest BCUT2D eigenvalue weighted by atomic mass is 32.2. The van der Waals surface area contributed by atoms with Gasteiger partial charge in [-0.25, -0.2) is 4.68 Å². The van der Waals surface area contributed by atoms with Crippen LogP contribution in [0.3, 0.4) is 0 Å². The van der Waals surface area contributed by atoms with Crippen LogP contribution in [0.2, 0.25) is 0 Å². The first-order valence-electron chi connectivity index (χ1n) is 6.56. The van der Waals surface area contributed by atoms with E-state index in [0.29, 0.717) is 5.69 Å². The largest absolute Gasteiger partial charge is 0.501 e. The van der Waals surface area contributed by atoms with Crippen molar-refractivity contribution in [3.8, 4) is 22.7 Å². The number of H-pyrrole nitrogens is 1. The van der Waals surface area contributed by atoms with Crippen molar-refractivity contribution < 1.29 is 18.1 Å². The molecule has 0 aliphatic heterocycles. The summed E-state index contributed by atoms with van der Waals surface area (Å²) in [4.78, 5) is 11.8. The molecule has 0 aliphatic carbocycles. The van der Waals surface area contributed by atoms with Crippen LogP contribution in [0, 0.1) is 0 Å². The topological polar surface area (TPSA) is 112 Å². The highest BCUT2D eigenvalue weighted by molar-refractivity contribution is 7.86. The van der Waals surface area contributed by atoms with E-state index in [4.69, 9.17) is 0 Å². The van der Waals surface area contributed by atoms with Gasteiger partial charge in [-0.3, -0.25) is 14.4 Å². The summed E-state index contributed by atoms with van der Waals surface area (Å²) in [6.07, 6.45) is 0. The third-order valence-electron chi connectivity index (χ3n) is 3.31. The van der Waals surface area contributed by atoms with Gasteiger partial charge in [0.05, 0.1) is 5.69 Å². The average molecular weight is 332 g/mol. The molecule has 0 atom stereocenters. The maximum Gasteiger partial charge on any atom is 0.314 e. The van der Waals surface area contributed by atoms with E-state index in [1.807, 2.05) is 0 Å². The van der Waals surface area contributed by atoms with Crippen LogP contribution in [0.1, 0.15) is 0 Å². The first-order valence-corrected chi connectivity index (χ1v) is 8.00. The molecule has 0 unspecified atom stereocenters. The Kier molecular flexibility index (Phi) is 3.55. The fourth-order valence-corrected chi connectivity index (χ4v) is 2.97. The van der Waals surface area contributed by atoms with Crippen LogP contribution in [-0.2, 0) is 10.1 Å². The Bertz CT molecular complexity index is 1020. The zero-order valence-corrected chi connectivity index (χ0v) is 12.5. The van der Waals surface area contributed by atoms with E-state index in [2.05, 4.69) is 5.10 Å². The summed E-state index contributed by atoms with van der Waals surface area (Å²) in [5.41, 5.74) is -0.342. The molecule has 7 nitrogen and oxygen atoms in total. The highest BCUT2D eigenvalue weighted by Crippen LogP contribution is 2.30. The molecule has 0 spiro atoms. The Labute approximate surface area is 131 Å². The van der Waals surface area contributed by atoms with Gasteiger partial charge in [-0.05, 0) is 18.2 Å². The Hall–Kier alpha value is -2.84. The molecule has 1 aromatic heterocycles. The fourth-order valence-electron chi connectivity index (χ4n) is 2.27. The second-order valence-electron chi connectivity index (χ2n) is 4.78. The molecule has 3 rings (SSSR count). The third-order valence-corrected chi connectivity index (χ3v) is 4.23. The maximum atomic E-state index is 12.2. The highest BCUT2D eigenvalue weighted by Gasteiger charge is 2.22. The van der Waals surface area contributed by atoms with Gasteiger partial charge >= 0.3 is 5.56 Å². The normalized spacial score (nSPS) is 11.5. The number of nitrogens with zero attached hydrogens (tertiary/aromatic N) is 1. The molecule has 1 heterocycles. The summed E-state index contributed by atoms with van der Waals surface area (Å²) >= 11 is 0. The number of hydrogen-bond acceptors (Lipinski definition) is 4. The van der Waals surface area contributed by atoms with E-state index < -0.39 is 26.3 Å². The van der Waals surface area contributed by atoms with Gasteiger partial charge in [-0.1, -0.05) is 36.4 Å². The minimum absolute atomic E-state index is 0.000666. The molecule has 0 amide bonds. The van der Waals surface area contributed by atoms with E-state index in [9.17, 15) is 22.9 Å². The Balaban J connectivity index is 2.27. The first kappa shape index (κ1) is 15.1. The predicted octanol–water partition coefficient (Wildman–Crippen LogP) is 1.78. The van der Waals surface area contributed by atoms with Gasteiger partial charge in [0.25, 0.3) is 10.1 Å². The van der Waals surface area contributed by atoms with Gasteiger partial charge < -0.3 is 5.11 Å². The van der Waals surface area contributed by atoms with Crippen molar-refractivity contribution in [1.82, 2.24) is 9.78 Å². The zero-order chi connectivity index (χ0) is 16.6. The second-order valence-corrected chi connectivity index (χ2v) is 6.17. The quantitative estimate of drug-likeness (QED) is 0.633. The average Bonchev–Trinajstić information content (AvgIpc) is 2.83. The number of rotatable bonds is 3. The fraction of sp³-hybridized carbons (Fsp3) is 0. The lowest BCUT2D eigenvalue weighted by Gasteiger charge is -2.05. The minimum Gasteiger partial charge on any atom is -0.501 e. The summed E-state index contributed by atoms with van der Waals surface area (Å²) in [6.45, 7) is 0. The summed E-state index contributed by atoms with van der Waals surface area (Å²) in [6, 6.07) is 14.0.